The van der Waals surface area contributed by atoms with E-state index in [0.717, 1.165) is 16.7 Å². The Hall–Kier alpha value is -2.74. The van der Waals surface area contributed by atoms with E-state index in [0.29, 0.717) is 28.7 Å². The van der Waals surface area contributed by atoms with Crippen molar-refractivity contribution in [1.82, 2.24) is 9.80 Å². The molecule has 33 heavy (non-hydrogen) atoms. The van der Waals surface area contributed by atoms with Crippen molar-refractivity contribution in [3.05, 3.63) is 88.3 Å². The van der Waals surface area contributed by atoms with Crippen LogP contribution in [0.3, 0.4) is 0 Å². The first-order chi connectivity index (χ1) is 16.0. The van der Waals surface area contributed by atoms with Crippen molar-refractivity contribution in [1.29, 1.82) is 0 Å². The van der Waals surface area contributed by atoms with E-state index in [1.54, 1.807) is 9.80 Å². The molecular formula is C26H28N2O3S2. The first kappa shape index (κ1) is 24.9. The molecule has 0 bridgehead atoms. The monoisotopic (exact) mass is 480 g/mol. The third kappa shape index (κ3) is 7.39. The second-order valence-electron chi connectivity index (χ2n) is 7.76. The van der Waals surface area contributed by atoms with E-state index in [-0.39, 0.29) is 31.4 Å². The van der Waals surface area contributed by atoms with E-state index in [1.807, 2.05) is 79.7 Å². The summed E-state index contributed by atoms with van der Waals surface area (Å²) in [5.41, 5.74) is 3.06. The van der Waals surface area contributed by atoms with E-state index in [1.165, 1.54) is 11.8 Å². The normalized spacial score (nSPS) is 15.4. The molecule has 0 radical (unpaired) electrons. The molecule has 0 unspecified atom stereocenters. The van der Waals surface area contributed by atoms with Gasteiger partial charge in [0.1, 0.15) is 4.32 Å². The number of hydrogen-bond acceptors (Lipinski definition) is 5. The van der Waals surface area contributed by atoms with Crippen molar-refractivity contribution < 1.29 is 14.7 Å². The van der Waals surface area contributed by atoms with Gasteiger partial charge >= 0.3 is 0 Å². The van der Waals surface area contributed by atoms with Crippen LogP contribution in [0.2, 0.25) is 0 Å². The van der Waals surface area contributed by atoms with Gasteiger partial charge in [0.15, 0.2) is 0 Å². The Labute approximate surface area is 204 Å². The molecular weight excluding hydrogens is 452 g/mol. The van der Waals surface area contributed by atoms with Crippen molar-refractivity contribution in [3.8, 4) is 0 Å². The van der Waals surface area contributed by atoms with Gasteiger partial charge in [-0.1, -0.05) is 90.7 Å². The molecule has 5 nitrogen and oxygen atoms in total. The third-order valence-electron chi connectivity index (χ3n) is 5.14. The Bertz CT molecular complexity index is 1040. The summed E-state index contributed by atoms with van der Waals surface area (Å²) in [6, 6.07) is 19.6. The average molecular weight is 481 g/mol. The van der Waals surface area contributed by atoms with Crippen molar-refractivity contribution >= 4 is 46.2 Å². The smallest absolute Gasteiger partial charge is 0.266 e. The lowest BCUT2D eigenvalue weighted by Gasteiger charge is -2.22. The molecule has 1 heterocycles. The number of amides is 2. The van der Waals surface area contributed by atoms with Crippen LogP contribution in [0.25, 0.3) is 6.08 Å². The van der Waals surface area contributed by atoms with Crippen molar-refractivity contribution in [2.24, 2.45) is 0 Å². The zero-order chi connectivity index (χ0) is 23.6. The number of aliphatic hydroxyl groups excluding tert-OH is 1. The quantitative estimate of drug-likeness (QED) is 0.397. The van der Waals surface area contributed by atoms with Crippen LogP contribution in [0.5, 0.6) is 0 Å². The molecule has 1 N–H and O–H groups in total. The largest absolute Gasteiger partial charge is 0.395 e. The lowest BCUT2D eigenvalue weighted by atomic mass is 10.1. The minimum Gasteiger partial charge on any atom is -0.395 e. The number of nitrogens with zero attached hydrogens (tertiary/aromatic N) is 2. The van der Waals surface area contributed by atoms with Crippen molar-refractivity contribution in [2.45, 2.75) is 26.3 Å². The van der Waals surface area contributed by atoms with E-state index in [4.69, 9.17) is 12.2 Å². The van der Waals surface area contributed by atoms with Crippen molar-refractivity contribution in [3.63, 3.8) is 0 Å². The number of rotatable bonds is 10. The van der Waals surface area contributed by atoms with Crippen LogP contribution < -0.4 is 0 Å². The van der Waals surface area contributed by atoms with E-state index >= 15 is 0 Å². The van der Waals surface area contributed by atoms with Gasteiger partial charge < -0.3 is 10.0 Å². The molecule has 1 aliphatic rings. The first-order valence-electron chi connectivity index (χ1n) is 10.9. The lowest BCUT2D eigenvalue weighted by molar-refractivity contribution is -0.132. The minimum absolute atomic E-state index is 0.0458. The van der Waals surface area contributed by atoms with E-state index in [9.17, 15) is 14.7 Å². The second-order valence-corrected chi connectivity index (χ2v) is 9.44. The number of thioether (sulfide) groups is 1. The molecule has 3 rings (SSSR count). The highest BCUT2D eigenvalue weighted by Gasteiger charge is 2.31. The van der Waals surface area contributed by atoms with Crippen LogP contribution in [-0.2, 0) is 16.1 Å². The topological polar surface area (TPSA) is 60.9 Å². The molecule has 0 aliphatic carbocycles. The molecule has 172 valence electrons. The van der Waals surface area contributed by atoms with Gasteiger partial charge in [0.05, 0.1) is 11.5 Å². The maximum absolute atomic E-state index is 12.9. The molecule has 2 amide bonds. The molecule has 0 atom stereocenters. The molecule has 1 saturated heterocycles. The molecule has 2 aromatic rings. The van der Waals surface area contributed by atoms with Crippen LogP contribution in [-0.4, -0.2) is 50.7 Å². The zero-order valence-corrected chi connectivity index (χ0v) is 20.3. The number of aliphatic hydroxyl groups is 1. The Morgan fingerprint density at radius 1 is 1.12 bits per heavy atom. The van der Waals surface area contributed by atoms with Crippen molar-refractivity contribution in [2.75, 3.05) is 19.7 Å². The first-order valence-corrected chi connectivity index (χ1v) is 12.1. The molecule has 0 saturated carbocycles. The van der Waals surface area contributed by atoms with Gasteiger partial charge in [0.25, 0.3) is 5.91 Å². The fraction of sp³-hybridized carbons (Fsp3) is 0.269. The molecule has 0 spiro atoms. The predicted molar refractivity (Wildman–Crippen MR) is 138 cm³/mol. The zero-order valence-electron chi connectivity index (χ0n) is 18.6. The number of carbonyl (C=O) groups excluding carboxylic acids is 2. The number of benzene rings is 2. The number of allylic oxidation sites excluding steroid dienone is 2. The number of carbonyl (C=O) groups is 2. The van der Waals surface area contributed by atoms with Crippen LogP contribution in [0.4, 0.5) is 0 Å². The highest BCUT2D eigenvalue weighted by Crippen LogP contribution is 2.32. The summed E-state index contributed by atoms with van der Waals surface area (Å²) in [4.78, 5) is 29.4. The maximum atomic E-state index is 12.9. The predicted octanol–water partition coefficient (Wildman–Crippen LogP) is 4.64. The third-order valence-corrected chi connectivity index (χ3v) is 6.52. The van der Waals surface area contributed by atoms with Crippen LogP contribution in [0, 0.1) is 0 Å². The van der Waals surface area contributed by atoms with Gasteiger partial charge in [0, 0.05) is 26.1 Å². The molecule has 7 heteroatoms. The van der Waals surface area contributed by atoms with Gasteiger partial charge in [-0.25, -0.2) is 0 Å². The Balaban J connectivity index is 1.55. The van der Waals surface area contributed by atoms with Gasteiger partial charge in [-0.2, -0.15) is 0 Å². The summed E-state index contributed by atoms with van der Waals surface area (Å²) >= 11 is 6.71. The van der Waals surface area contributed by atoms with Gasteiger partial charge in [-0.15, -0.1) is 0 Å². The van der Waals surface area contributed by atoms with Crippen LogP contribution in [0.15, 0.2) is 77.2 Å². The fourth-order valence-corrected chi connectivity index (χ4v) is 4.87. The standard InChI is InChI=1S/C26H28N2O3S2/c1-20(17-21-9-4-2-5-10-21)18-23-25(31)28(26(32)33-23)14-8-13-24(30)27(15-16-29)19-22-11-6-3-7-12-22/h2-7,9-12,17-18,29H,8,13-16,19H2,1H3. The molecule has 0 aromatic heterocycles. The highest BCUT2D eigenvalue weighted by atomic mass is 32.2. The summed E-state index contributed by atoms with van der Waals surface area (Å²) in [6.45, 7) is 3.00. The second kappa shape index (κ2) is 12.5. The summed E-state index contributed by atoms with van der Waals surface area (Å²) < 4.78 is 0.516. The van der Waals surface area contributed by atoms with E-state index in [2.05, 4.69) is 0 Å². The van der Waals surface area contributed by atoms with Gasteiger partial charge in [-0.05, 0) is 36.1 Å². The summed E-state index contributed by atoms with van der Waals surface area (Å²) in [5, 5.41) is 9.35. The number of thiocarbonyl (C=S) groups is 1. The van der Waals surface area contributed by atoms with Crippen LogP contribution >= 0.6 is 24.0 Å². The fourth-order valence-electron chi connectivity index (χ4n) is 3.52. The molecule has 1 fully saturated rings. The Morgan fingerprint density at radius 2 is 1.79 bits per heavy atom. The average Bonchev–Trinajstić information content (AvgIpc) is 3.07. The molecule has 2 aromatic carbocycles. The summed E-state index contributed by atoms with van der Waals surface area (Å²) in [5.74, 6) is -0.162. The summed E-state index contributed by atoms with van der Waals surface area (Å²) in [6.07, 6.45) is 4.68. The van der Waals surface area contributed by atoms with Crippen LogP contribution in [0.1, 0.15) is 30.9 Å². The Kier molecular flexibility index (Phi) is 9.42. The van der Waals surface area contributed by atoms with Gasteiger partial charge in [0.2, 0.25) is 5.91 Å². The minimum atomic E-state index is -0.116. The Morgan fingerprint density at radius 3 is 2.45 bits per heavy atom. The maximum Gasteiger partial charge on any atom is 0.266 e. The van der Waals surface area contributed by atoms with Gasteiger partial charge in [-0.3, -0.25) is 14.5 Å². The summed E-state index contributed by atoms with van der Waals surface area (Å²) in [7, 11) is 0. The van der Waals surface area contributed by atoms with E-state index < -0.39 is 0 Å². The lowest BCUT2D eigenvalue weighted by Crippen LogP contribution is -2.34. The molecule has 1 aliphatic heterocycles. The SMILES string of the molecule is CC(=Cc1ccccc1)C=C1SC(=S)N(CCCC(=O)N(CCO)Cc2ccccc2)C1=O. The number of hydrogen-bond donors (Lipinski definition) is 1. The highest BCUT2D eigenvalue weighted by molar-refractivity contribution is 8.26.